The summed E-state index contributed by atoms with van der Waals surface area (Å²) in [6.07, 6.45) is 74.6. The molecule has 0 aliphatic rings. The largest absolute Gasteiger partial charge is 0.452 e. The fourth-order valence-electron chi connectivity index (χ4n) is 16.2. The van der Waals surface area contributed by atoms with E-state index in [-0.39, 0.29) is 83.3 Å². The molecule has 0 saturated carbocycles. The minimum absolute atomic E-state index is 0.0293. The summed E-state index contributed by atoms with van der Waals surface area (Å²) in [4.78, 5) is 87.4. The van der Waals surface area contributed by atoms with Crippen molar-refractivity contribution in [3.63, 3.8) is 0 Å². The second kappa shape index (κ2) is 69.2. The maximum Gasteiger partial charge on any atom is 0.312 e. The molecule has 0 bridgehead atoms. The quantitative estimate of drug-likeness (QED) is 0.0234. The first kappa shape index (κ1) is 101. The van der Waals surface area contributed by atoms with Crippen LogP contribution in [-0.4, -0.2) is 29.8 Å². The van der Waals surface area contributed by atoms with Gasteiger partial charge >= 0.3 is 29.8 Å². The lowest BCUT2D eigenvalue weighted by atomic mass is 9.87. The molecule has 12 heteroatoms. The van der Waals surface area contributed by atoms with Crippen LogP contribution in [0.2, 0.25) is 0 Å². The van der Waals surface area contributed by atoms with Gasteiger partial charge in [0.15, 0.2) is 28.8 Å². The summed E-state index contributed by atoms with van der Waals surface area (Å²) in [5.74, 6) is -4.07. The maximum absolute atomic E-state index is 16.0. The van der Waals surface area contributed by atoms with Gasteiger partial charge in [0.25, 0.3) is 0 Å². The predicted octanol–water partition coefficient (Wildman–Crippen LogP) is 32.1. The lowest BCUT2D eigenvalue weighted by Gasteiger charge is -2.20. The van der Waals surface area contributed by atoms with Crippen molar-refractivity contribution in [1.82, 2.24) is 0 Å². The van der Waals surface area contributed by atoms with Gasteiger partial charge in [-0.2, -0.15) is 0 Å². The van der Waals surface area contributed by atoms with E-state index in [2.05, 4.69) is 53.7 Å². The van der Waals surface area contributed by atoms with Gasteiger partial charge in [-0.3, -0.25) is 28.8 Å². The van der Waals surface area contributed by atoms with Crippen LogP contribution in [0.1, 0.15) is 495 Å². The molecule has 0 amide bonds. The van der Waals surface area contributed by atoms with Crippen molar-refractivity contribution >= 4 is 40.8 Å². The Bertz CT molecular complexity index is 3160. The Labute approximate surface area is 695 Å². The van der Waals surface area contributed by atoms with Gasteiger partial charge in [0.05, 0.1) is 6.42 Å². The number of esters is 5. The Hall–Kier alpha value is -5.78. The lowest BCUT2D eigenvalue weighted by molar-refractivity contribution is -0.137. The summed E-state index contributed by atoms with van der Waals surface area (Å²) in [5, 5.41) is -0.230. The van der Waals surface area contributed by atoms with Crippen LogP contribution in [0.15, 0.2) is 63.8 Å². The van der Waals surface area contributed by atoms with Crippen LogP contribution in [0.3, 0.4) is 0 Å². The number of carbonyl (C=O) groups is 5. The highest BCUT2D eigenvalue weighted by molar-refractivity contribution is 5.94. The maximum atomic E-state index is 16.0. The van der Waals surface area contributed by atoms with Gasteiger partial charge < -0.3 is 28.1 Å². The van der Waals surface area contributed by atoms with Gasteiger partial charge in [-0.15, -0.1) is 0 Å². The molecule has 1 unspecified atom stereocenters. The lowest BCUT2D eigenvalue weighted by Crippen LogP contribution is -2.20. The number of hydrogen-bond donors (Lipinski definition) is 0. The average Bonchev–Trinajstić information content (AvgIpc) is 0.750. The van der Waals surface area contributed by atoms with Crippen LogP contribution < -0.4 is 29.1 Å². The van der Waals surface area contributed by atoms with Gasteiger partial charge in [0.1, 0.15) is 11.0 Å². The molecular formula is C102H166O12. The molecule has 0 spiro atoms. The molecule has 1 aromatic heterocycles. The highest BCUT2D eigenvalue weighted by Crippen LogP contribution is 2.43. The van der Waals surface area contributed by atoms with Crippen molar-refractivity contribution in [3.8, 4) is 40.1 Å². The van der Waals surface area contributed by atoms with Crippen LogP contribution >= 0.6 is 0 Å². The second-order valence-corrected chi connectivity index (χ2v) is 33.9. The average molecular weight is 1580 g/mol. The molecular weight excluding hydrogens is 1420 g/mol. The smallest absolute Gasteiger partial charge is 0.312 e. The fraction of sp³-hybridized carbons (Fsp3) is 0.745. The Kier molecular flexibility index (Phi) is 61.0. The standard InChI is InChI=1S/C102H166O12/c1-7-12-17-22-27-32-37-41-46-51-56-61-66-75-93(103)109-89-80-79-87(83-92(89)111-95(105)77-68-63-58-53-48-43-39-34-29-24-19-14-9-3)100-102(114-97(107)84-86(88-74-71-70-72-85(88)6)73-65-60-55-50-45-36-31-26-21-16-11-5)99(108)98-90(112-100)81-82-91(110-94(104)76-67-62-57-52-47-42-38-33-28-23-18-13-8-2)101(98)113-96(106)78-69-64-59-54-49-44-40-35-30-25-20-15-10-4/h70-72,74,79-83,86H,7-69,73,75-78,84H2,1-6H3. The third-order valence-corrected chi connectivity index (χ3v) is 23.4. The van der Waals surface area contributed by atoms with E-state index in [4.69, 9.17) is 28.1 Å². The molecule has 1 heterocycles. The number of aryl methyl sites for hydroxylation is 1. The molecule has 0 N–H and O–H groups in total. The molecule has 0 aliphatic heterocycles. The van der Waals surface area contributed by atoms with Crippen LogP contribution in [0.5, 0.6) is 28.7 Å². The minimum atomic E-state index is -0.829. The molecule has 4 aromatic rings. The first-order valence-corrected chi connectivity index (χ1v) is 48.3. The summed E-state index contributed by atoms with van der Waals surface area (Å²) in [7, 11) is 0. The summed E-state index contributed by atoms with van der Waals surface area (Å²) in [6.45, 7) is 13.3. The number of benzene rings is 3. The molecule has 4 rings (SSSR count). The predicted molar refractivity (Wildman–Crippen MR) is 477 cm³/mol. The van der Waals surface area contributed by atoms with Crippen molar-refractivity contribution in [1.29, 1.82) is 0 Å². The summed E-state index contributed by atoms with van der Waals surface area (Å²) in [6, 6.07) is 15.7. The Morgan fingerprint density at radius 1 is 0.298 bits per heavy atom. The number of ether oxygens (including phenoxy) is 5. The van der Waals surface area contributed by atoms with E-state index >= 15 is 9.59 Å². The van der Waals surface area contributed by atoms with Crippen LogP contribution in [-0.2, 0) is 24.0 Å². The number of carbonyl (C=O) groups excluding carboxylic acids is 5. The van der Waals surface area contributed by atoms with E-state index < -0.39 is 41.0 Å². The zero-order valence-corrected chi connectivity index (χ0v) is 74.0. The van der Waals surface area contributed by atoms with E-state index in [1.54, 1.807) is 6.07 Å². The van der Waals surface area contributed by atoms with Crippen LogP contribution in [0.4, 0.5) is 0 Å². The summed E-state index contributed by atoms with van der Waals surface area (Å²) in [5.41, 5.74) is 1.41. The number of fused-ring (bicyclic) bond motifs is 1. The van der Waals surface area contributed by atoms with Crippen molar-refractivity contribution in [2.75, 3.05) is 0 Å². The Morgan fingerprint density at radius 3 is 0.939 bits per heavy atom. The second-order valence-electron chi connectivity index (χ2n) is 33.9. The van der Waals surface area contributed by atoms with Gasteiger partial charge in [0, 0.05) is 31.2 Å². The Balaban J connectivity index is 1.73. The SMILES string of the molecule is CCCCCCCCCCCCCCCC(=O)Oc1ccc(-c2oc3ccc(OC(=O)CCCCCCCCCCCCCCC)c(OC(=O)CCCCCCCCCCCCCCC)c3c(=O)c2OC(=O)CC(CCCCCCCCCCCCC)c2ccccc2C)cc1OC(=O)CCCCCCCCCCCCCCC. The summed E-state index contributed by atoms with van der Waals surface area (Å²) < 4.78 is 38.0. The monoisotopic (exact) mass is 1580 g/mol. The van der Waals surface area contributed by atoms with Gasteiger partial charge in [-0.1, -0.05) is 438 Å². The number of unbranched alkanes of at least 4 members (excludes halogenated alkanes) is 58. The van der Waals surface area contributed by atoms with Crippen molar-refractivity contribution in [2.45, 2.75) is 490 Å². The van der Waals surface area contributed by atoms with Gasteiger partial charge in [-0.05, 0) is 86.4 Å². The summed E-state index contributed by atoms with van der Waals surface area (Å²) >= 11 is 0. The fourth-order valence-corrected chi connectivity index (χ4v) is 16.2. The first-order chi connectivity index (χ1) is 55.9. The molecule has 646 valence electrons. The van der Waals surface area contributed by atoms with Crippen molar-refractivity contribution < 1.29 is 52.1 Å². The molecule has 0 aliphatic carbocycles. The highest BCUT2D eigenvalue weighted by Gasteiger charge is 2.30. The molecule has 0 fully saturated rings. The zero-order valence-electron chi connectivity index (χ0n) is 74.0. The van der Waals surface area contributed by atoms with E-state index in [0.29, 0.717) is 25.7 Å². The van der Waals surface area contributed by atoms with Crippen molar-refractivity contribution in [3.05, 3.63) is 75.9 Å². The minimum Gasteiger partial charge on any atom is -0.452 e. The molecule has 0 saturated heterocycles. The first-order valence-electron chi connectivity index (χ1n) is 48.3. The molecule has 12 nitrogen and oxygen atoms in total. The van der Waals surface area contributed by atoms with Crippen LogP contribution in [0, 0.1) is 6.92 Å². The highest BCUT2D eigenvalue weighted by atomic mass is 16.6. The van der Waals surface area contributed by atoms with Crippen LogP contribution in [0.25, 0.3) is 22.3 Å². The molecule has 0 radical (unpaired) electrons. The topological polar surface area (TPSA) is 162 Å². The van der Waals surface area contributed by atoms with E-state index in [9.17, 15) is 19.2 Å². The zero-order chi connectivity index (χ0) is 81.8. The van der Waals surface area contributed by atoms with E-state index in [1.807, 2.05) is 12.1 Å². The van der Waals surface area contributed by atoms with Gasteiger partial charge in [0.2, 0.25) is 11.2 Å². The van der Waals surface area contributed by atoms with E-state index in [1.165, 1.54) is 300 Å². The number of hydrogen-bond acceptors (Lipinski definition) is 12. The third kappa shape index (κ3) is 48.2. The third-order valence-electron chi connectivity index (χ3n) is 23.4. The molecule has 1 atom stereocenters. The Morgan fingerprint density at radius 2 is 0.588 bits per heavy atom. The number of rotatable bonds is 77. The van der Waals surface area contributed by atoms with E-state index in [0.717, 1.165) is 120 Å². The normalized spacial score (nSPS) is 11.7. The van der Waals surface area contributed by atoms with Gasteiger partial charge in [-0.25, -0.2) is 0 Å². The molecule has 3 aromatic carbocycles. The molecule has 114 heavy (non-hydrogen) atoms. The van der Waals surface area contributed by atoms with Crippen molar-refractivity contribution in [2.24, 2.45) is 0 Å².